The van der Waals surface area contributed by atoms with Crippen LogP contribution in [0.1, 0.15) is 23.4 Å². The van der Waals surface area contributed by atoms with Crippen molar-refractivity contribution < 1.29 is 9.53 Å². The van der Waals surface area contributed by atoms with Gasteiger partial charge < -0.3 is 10.1 Å². The Labute approximate surface area is 201 Å². The van der Waals surface area contributed by atoms with E-state index in [0.717, 1.165) is 16.6 Å². The van der Waals surface area contributed by atoms with Gasteiger partial charge in [0.1, 0.15) is 11.6 Å². The molecule has 3 aromatic carbocycles. The van der Waals surface area contributed by atoms with E-state index in [1.807, 2.05) is 78.1 Å². The molecule has 8 nitrogen and oxygen atoms in total. The number of hydrogen-bond donors (Lipinski definition) is 1. The van der Waals surface area contributed by atoms with Crippen molar-refractivity contribution in [3.05, 3.63) is 100 Å². The third-order valence-electron chi connectivity index (χ3n) is 5.97. The number of ether oxygens (including phenoxy) is 1. The van der Waals surface area contributed by atoms with Crippen molar-refractivity contribution in [2.24, 2.45) is 0 Å². The molecule has 176 valence electrons. The van der Waals surface area contributed by atoms with Crippen LogP contribution in [0.2, 0.25) is 0 Å². The molecule has 0 bridgehead atoms. The fraction of sp³-hybridized carbons (Fsp3) is 0.185. The Morgan fingerprint density at radius 3 is 2.60 bits per heavy atom. The van der Waals surface area contributed by atoms with Gasteiger partial charge >= 0.3 is 0 Å². The zero-order valence-electron chi connectivity index (χ0n) is 19.6. The first-order chi connectivity index (χ1) is 17.0. The van der Waals surface area contributed by atoms with Crippen LogP contribution in [0.3, 0.4) is 0 Å². The average molecular weight is 468 g/mol. The number of aromatic nitrogens is 4. The number of aryl methyl sites for hydroxylation is 2. The van der Waals surface area contributed by atoms with Gasteiger partial charge in [-0.1, -0.05) is 48.0 Å². The molecule has 0 aliphatic heterocycles. The summed E-state index contributed by atoms with van der Waals surface area (Å²) >= 11 is 0. The molecule has 8 heteroatoms. The van der Waals surface area contributed by atoms with Crippen LogP contribution in [-0.4, -0.2) is 32.2 Å². The van der Waals surface area contributed by atoms with Crippen molar-refractivity contribution in [1.29, 1.82) is 0 Å². The Morgan fingerprint density at radius 2 is 1.80 bits per heavy atom. The summed E-state index contributed by atoms with van der Waals surface area (Å²) in [5.74, 6) is 1.60. The van der Waals surface area contributed by atoms with Crippen molar-refractivity contribution in [2.75, 3.05) is 12.4 Å². The Bertz CT molecular complexity index is 1580. The van der Waals surface area contributed by atoms with E-state index >= 15 is 0 Å². The average Bonchev–Trinajstić information content (AvgIpc) is 3.30. The minimum atomic E-state index is -0.146. The van der Waals surface area contributed by atoms with Crippen LogP contribution in [-0.2, 0) is 17.8 Å². The molecule has 5 aromatic rings. The number of nitrogens with one attached hydrogen (secondary N) is 1. The molecule has 0 aliphatic rings. The number of methoxy groups -OCH3 is 1. The standard InChI is InChI=1S/C27H25N5O3/c1-18-10-12-19(13-11-18)17-31-26(34)22-8-3-4-9-23(22)32-24(29-30-27(31)32)14-15-25(33)28-20-6-5-7-21(16-20)35-2/h3-13,16H,14-15,17H2,1-2H3,(H,28,33). The van der Waals surface area contributed by atoms with Crippen molar-refractivity contribution in [1.82, 2.24) is 19.2 Å². The van der Waals surface area contributed by atoms with Gasteiger partial charge in [-0.2, -0.15) is 0 Å². The van der Waals surface area contributed by atoms with E-state index in [9.17, 15) is 9.59 Å². The number of benzene rings is 3. The highest BCUT2D eigenvalue weighted by Gasteiger charge is 2.17. The highest BCUT2D eigenvalue weighted by atomic mass is 16.5. The normalized spacial score (nSPS) is 11.1. The van der Waals surface area contributed by atoms with E-state index in [1.165, 1.54) is 0 Å². The van der Waals surface area contributed by atoms with Gasteiger partial charge in [-0.25, -0.2) is 0 Å². The number of carbonyl (C=O) groups excluding carboxylic acids is 1. The Morgan fingerprint density at radius 1 is 1.00 bits per heavy atom. The van der Waals surface area contributed by atoms with Crippen LogP contribution < -0.4 is 15.6 Å². The zero-order chi connectivity index (χ0) is 24.4. The molecule has 2 heterocycles. The Kier molecular flexibility index (Phi) is 6.01. The van der Waals surface area contributed by atoms with Gasteiger partial charge in [-0.05, 0) is 36.8 Å². The monoisotopic (exact) mass is 467 g/mol. The maximum absolute atomic E-state index is 13.4. The smallest absolute Gasteiger partial charge is 0.263 e. The second-order valence-corrected chi connectivity index (χ2v) is 8.43. The summed E-state index contributed by atoms with van der Waals surface area (Å²) in [6.45, 7) is 2.40. The van der Waals surface area contributed by atoms with Crippen molar-refractivity contribution in [3.63, 3.8) is 0 Å². The van der Waals surface area contributed by atoms with Crippen molar-refractivity contribution in [3.8, 4) is 5.75 Å². The van der Waals surface area contributed by atoms with Gasteiger partial charge in [0, 0.05) is 24.6 Å². The lowest BCUT2D eigenvalue weighted by molar-refractivity contribution is -0.116. The van der Waals surface area contributed by atoms with Crippen molar-refractivity contribution >= 4 is 28.3 Å². The summed E-state index contributed by atoms with van der Waals surface area (Å²) in [6, 6.07) is 22.7. The lowest BCUT2D eigenvalue weighted by atomic mass is 10.1. The maximum atomic E-state index is 13.4. The topological polar surface area (TPSA) is 90.5 Å². The molecule has 0 saturated heterocycles. The number of nitrogens with zero attached hydrogens (tertiary/aromatic N) is 4. The van der Waals surface area contributed by atoms with Gasteiger partial charge in [0.15, 0.2) is 0 Å². The molecule has 0 spiro atoms. The summed E-state index contributed by atoms with van der Waals surface area (Å²) < 4.78 is 8.73. The molecule has 0 atom stereocenters. The first-order valence-corrected chi connectivity index (χ1v) is 11.4. The maximum Gasteiger partial charge on any atom is 0.263 e. The molecular formula is C27H25N5O3. The number of fused-ring (bicyclic) bond motifs is 3. The first kappa shape index (κ1) is 22.3. The van der Waals surface area contributed by atoms with Gasteiger partial charge in [-0.15, -0.1) is 10.2 Å². The molecule has 5 rings (SSSR count). The Balaban J connectivity index is 1.47. The number of amides is 1. The quantitative estimate of drug-likeness (QED) is 0.391. The molecule has 0 fully saturated rings. The molecule has 1 amide bonds. The van der Waals surface area contributed by atoms with Gasteiger partial charge in [0.25, 0.3) is 5.56 Å². The number of hydrogen-bond acceptors (Lipinski definition) is 5. The predicted octanol–water partition coefficient (Wildman–Crippen LogP) is 3.98. The molecule has 2 aromatic heterocycles. The largest absolute Gasteiger partial charge is 0.497 e. The third kappa shape index (κ3) is 4.50. The second kappa shape index (κ2) is 9.42. The third-order valence-corrected chi connectivity index (χ3v) is 5.97. The van der Waals surface area contributed by atoms with E-state index in [-0.39, 0.29) is 17.9 Å². The minimum Gasteiger partial charge on any atom is -0.497 e. The van der Waals surface area contributed by atoms with Crippen LogP contribution >= 0.6 is 0 Å². The van der Waals surface area contributed by atoms with Crippen molar-refractivity contribution in [2.45, 2.75) is 26.3 Å². The molecule has 35 heavy (non-hydrogen) atoms. The predicted molar refractivity (Wildman–Crippen MR) is 135 cm³/mol. The number of carbonyl (C=O) groups is 1. The first-order valence-electron chi connectivity index (χ1n) is 11.4. The van der Waals surface area contributed by atoms with E-state index in [1.54, 1.807) is 17.7 Å². The lowest BCUT2D eigenvalue weighted by Gasteiger charge is -2.12. The highest BCUT2D eigenvalue weighted by molar-refractivity contribution is 5.91. The fourth-order valence-electron chi connectivity index (χ4n) is 4.14. The van der Waals surface area contributed by atoms with Gasteiger partial charge in [0.2, 0.25) is 11.7 Å². The molecule has 0 radical (unpaired) electrons. The zero-order valence-corrected chi connectivity index (χ0v) is 19.6. The summed E-state index contributed by atoms with van der Waals surface area (Å²) in [6.07, 6.45) is 0.577. The van der Waals surface area contributed by atoms with Gasteiger partial charge in [-0.3, -0.25) is 18.6 Å². The van der Waals surface area contributed by atoms with Crippen LogP contribution in [0.25, 0.3) is 16.7 Å². The van der Waals surface area contributed by atoms with E-state index in [4.69, 9.17) is 4.74 Å². The molecule has 0 aliphatic carbocycles. The lowest BCUT2D eigenvalue weighted by Crippen LogP contribution is -2.24. The molecule has 0 saturated carbocycles. The van der Waals surface area contributed by atoms with Gasteiger partial charge in [0.05, 0.1) is 24.6 Å². The van der Waals surface area contributed by atoms with Crippen LogP contribution in [0.4, 0.5) is 5.69 Å². The number of rotatable bonds is 7. The number of anilines is 1. The van der Waals surface area contributed by atoms with E-state index in [0.29, 0.717) is 41.4 Å². The molecule has 1 N–H and O–H groups in total. The summed E-state index contributed by atoms with van der Waals surface area (Å²) in [7, 11) is 1.58. The summed E-state index contributed by atoms with van der Waals surface area (Å²) in [5, 5.41) is 12.2. The second-order valence-electron chi connectivity index (χ2n) is 8.43. The fourth-order valence-corrected chi connectivity index (χ4v) is 4.14. The van der Waals surface area contributed by atoms with Crippen LogP contribution in [0, 0.1) is 6.92 Å². The molecular weight excluding hydrogens is 442 g/mol. The number of para-hydroxylation sites is 1. The minimum absolute atomic E-state index is 0.122. The highest BCUT2D eigenvalue weighted by Crippen LogP contribution is 2.19. The van der Waals surface area contributed by atoms with Crippen LogP contribution in [0.15, 0.2) is 77.6 Å². The summed E-state index contributed by atoms with van der Waals surface area (Å²) in [5.41, 5.74) is 3.42. The SMILES string of the molecule is COc1cccc(NC(=O)CCc2nnc3n(Cc4ccc(C)cc4)c(=O)c4ccccc4n23)c1. The van der Waals surface area contributed by atoms with E-state index in [2.05, 4.69) is 15.5 Å². The Hall–Kier alpha value is -4.46. The van der Waals surface area contributed by atoms with E-state index < -0.39 is 0 Å². The van der Waals surface area contributed by atoms with Crippen LogP contribution in [0.5, 0.6) is 5.75 Å². The summed E-state index contributed by atoms with van der Waals surface area (Å²) in [4.78, 5) is 26.0. The molecule has 0 unspecified atom stereocenters.